The van der Waals surface area contributed by atoms with Crippen molar-refractivity contribution in [1.82, 2.24) is 0 Å². The van der Waals surface area contributed by atoms with Crippen LogP contribution in [0.5, 0.6) is 5.75 Å². The van der Waals surface area contributed by atoms with Gasteiger partial charge in [-0.25, -0.2) is 30.4 Å². The highest BCUT2D eigenvalue weighted by atomic mass is 32.2. The van der Waals surface area contributed by atoms with Crippen molar-refractivity contribution in [3.8, 4) is 5.75 Å². The number of fused-ring (bicyclic) bond motifs is 1. The minimum Gasteiger partial charge on any atom is -0.490 e. The number of hydrogen-bond acceptors (Lipinski definition) is 3. The minimum atomic E-state index is -3.83. The van der Waals surface area contributed by atoms with Gasteiger partial charge in [0, 0.05) is 31.1 Å². The van der Waals surface area contributed by atoms with E-state index >= 15 is 0 Å². The number of halogens is 5. The van der Waals surface area contributed by atoms with Crippen molar-refractivity contribution < 1.29 is 35.1 Å². The van der Waals surface area contributed by atoms with E-state index in [4.69, 9.17) is 4.74 Å². The van der Waals surface area contributed by atoms with Gasteiger partial charge in [0.2, 0.25) is 0 Å². The molecule has 1 aromatic rings. The van der Waals surface area contributed by atoms with Gasteiger partial charge in [-0.15, -0.1) is 0 Å². The van der Waals surface area contributed by atoms with Gasteiger partial charge in [0.15, 0.2) is 16.0 Å². The Labute approximate surface area is 129 Å². The van der Waals surface area contributed by atoms with Gasteiger partial charge in [-0.1, -0.05) is 0 Å². The molecule has 3 nitrogen and oxygen atoms in total. The first kappa shape index (κ1) is 16.5. The molecule has 0 bridgehead atoms. The number of rotatable bonds is 3. The molecule has 1 aromatic carbocycles. The Hall–Kier alpha value is -1.38. The summed E-state index contributed by atoms with van der Waals surface area (Å²) in [5.41, 5.74) is -0.887. The van der Waals surface area contributed by atoms with Gasteiger partial charge < -0.3 is 4.74 Å². The Morgan fingerprint density at radius 3 is 2.30 bits per heavy atom. The molecule has 0 aliphatic heterocycles. The molecular weight excluding hydrogens is 343 g/mol. The number of alkyl halides is 5. The van der Waals surface area contributed by atoms with E-state index in [-0.39, 0.29) is 11.3 Å². The van der Waals surface area contributed by atoms with Crippen LogP contribution in [0.15, 0.2) is 17.0 Å². The monoisotopic (exact) mass is 356 g/mol. The highest BCUT2D eigenvalue weighted by molar-refractivity contribution is 7.90. The SMILES string of the molecule is CS(=O)(=O)c1ccc(OC2CC(F)(F)C2)c2c1CC(F)(F)[C@H]2F. The smallest absolute Gasteiger partial charge is 0.287 e. The lowest BCUT2D eigenvalue weighted by molar-refractivity contribution is -0.135. The van der Waals surface area contributed by atoms with E-state index in [1.54, 1.807) is 0 Å². The van der Waals surface area contributed by atoms with Crippen LogP contribution in [0.1, 0.15) is 30.1 Å². The fourth-order valence-electron chi connectivity index (χ4n) is 2.94. The van der Waals surface area contributed by atoms with Crippen molar-refractivity contribution >= 4 is 9.84 Å². The third-order valence-electron chi connectivity index (χ3n) is 4.06. The molecule has 23 heavy (non-hydrogen) atoms. The predicted octanol–water partition coefficient (Wildman–Crippen LogP) is 3.47. The molecule has 9 heteroatoms. The molecule has 3 rings (SSSR count). The first-order valence-electron chi connectivity index (χ1n) is 6.83. The first-order chi connectivity index (χ1) is 10.4. The van der Waals surface area contributed by atoms with Gasteiger partial charge in [-0.2, -0.15) is 0 Å². The van der Waals surface area contributed by atoms with Crippen LogP contribution in [0, 0.1) is 0 Å². The molecule has 1 atom stereocenters. The lowest BCUT2D eigenvalue weighted by Crippen LogP contribution is -2.43. The zero-order chi connectivity index (χ0) is 17.2. The molecule has 128 valence electrons. The molecule has 0 radical (unpaired) electrons. The number of benzene rings is 1. The van der Waals surface area contributed by atoms with Crippen LogP contribution in [-0.2, 0) is 16.3 Å². The fraction of sp³-hybridized carbons (Fsp3) is 0.571. The van der Waals surface area contributed by atoms with Crippen molar-refractivity contribution in [3.63, 3.8) is 0 Å². The zero-order valence-electron chi connectivity index (χ0n) is 12.0. The van der Waals surface area contributed by atoms with Gasteiger partial charge in [0.1, 0.15) is 11.9 Å². The Morgan fingerprint density at radius 1 is 1.17 bits per heavy atom. The average molecular weight is 356 g/mol. The second kappa shape index (κ2) is 4.81. The fourth-order valence-corrected chi connectivity index (χ4v) is 3.88. The van der Waals surface area contributed by atoms with Gasteiger partial charge in [0.05, 0.1) is 4.90 Å². The normalized spacial score (nSPS) is 25.7. The highest BCUT2D eigenvalue weighted by Crippen LogP contribution is 2.52. The molecule has 0 amide bonds. The summed E-state index contributed by atoms with van der Waals surface area (Å²) >= 11 is 0. The lowest BCUT2D eigenvalue weighted by Gasteiger charge is -2.35. The summed E-state index contributed by atoms with van der Waals surface area (Å²) < 4.78 is 95.7. The van der Waals surface area contributed by atoms with Gasteiger partial charge in [-0.05, 0) is 17.7 Å². The average Bonchev–Trinajstić information content (AvgIpc) is 2.57. The molecule has 0 N–H and O–H groups in total. The minimum absolute atomic E-state index is 0.294. The van der Waals surface area contributed by atoms with Gasteiger partial charge in [0.25, 0.3) is 11.8 Å². The van der Waals surface area contributed by atoms with E-state index in [9.17, 15) is 30.4 Å². The van der Waals surface area contributed by atoms with Gasteiger partial charge in [-0.3, -0.25) is 0 Å². The maximum absolute atomic E-state index is 14.1. The summed E-state index contributed by atoms with van der Waals surface area (Å²) in [4.78, 5) is -0.390. The van der Waals surface area contributed by atoms with Crippen LogP contribution >= 0.6 is 0 Å². The molecule has 0 heterocycles. The summed E-state index contributed by atoms with van der Waals surface area (Å²) in [6.45, 7) is 0. The van der Waals surface area contributed by atoms with Crippen LogP contribution in [0.4, 0.5) is 22.0 Å². The Bertz CT molecular complexity index is 752. The molecular formula is C14H13F5O3S. The quantitative estimate of drug-likeness (QED) is 0.779. The molecule has 0 spiro atoms. The maximum atomic E-state index is 14.1. The molecule has 2 aliphatic carbocycles. The van der Waals surface area contributed by atoms with E-state index in [2.05, 4.69) is 0 Å². The number of hydrogen-bond donors (Lipinski definition) is 0. The number of sulfone groups is 1. The Balaban J connectivity index is 2.02. The lowest BCUT2D eigenvalue weighted by atomic mass is 9.91. The molecule has 0 saturated heterocycles. The van der Waals surface area contributed by atoms with E-state index in [1.807, 2.05) is 0 Å². The second-order valence-electron chi connectivity index (χ2n) is 6.03. The topological polar surface area (TPSA) is 43.4 Å². The second-order valence-corrected chi connectivity index (χ2v) is 8.01. The van der Waals surface area contributed by atoms with Crippen molar-refractivity contribution in [2.24, 2.45) is 0 Å². The summed E-state index contributed by atoms with van der Waals surface area (Å²) in [5, 5.41) is 0. The highest BCUT2D eigenvalue weighted by Gasteiger charge is 2.53. The number of ether oxygens (including phenoxy) is 1. The molecule has 0 aromatic heterocycles. The van der Waals surface area contributed by atoms with Crippen molar-refractivity contribution in [2.75, 3.05) is 6.26 Å². The van der Waals surface area contributed by atoms with Crippen LogP contribution in [-0.4, -0.2) is 32.6 Å². The summed E-state index contributed by atoms with van der Waals surface area (Å²) in [5.74, 6) is -6.93. The summed E-state index contributed by atoms with van der Waals surface area (Å²) in [6, 6.07) is 2.11. The van der Waals surface area contributed by atoms with Crippen molar-refractivity contribution in [2.45, 2.75) is 48.3 Å². The summed E-state index contributed by atoms with van der Waals surface area (Å²) in [6.07, 6.45) is -5.02. The van der Waals surface area contributed by atoms with E-state index < -0.39 is 63.7 Å². The third kappa shape index (κ3) is 2.79. The van der Waals surface area contributed by atoms with Gasteiger partial charge >= 0.3 is 0 Å². The first-order valence-corrected chi connectivity index (χ1v) is 8.72. The molecule has 1 fully saturated rings. The Morgan fingerprint density at radius 2 is 1.78 bits per heavy atom. The standard InChI is InChI=1S/C14H13F5O3S/c1-23(20,21)10-3-2-9(22-7-4-13(16,17)5-7)11-8(10)6-14(18,19)12(11)15/h2-3,7,12H,4-6H2,1H3/t12-/m0/s1. The van der Waals surface area contributed by atoms with Crippen molar-refractivity contribution in [3.05, 3.63) is 23.3 Å². The maximum Gasteiger partial charge on any atom is 0.287 e. The van der Waals surface area contributed by atoms with Crippen LogP contribution in [0.25, 0.3) is 0 Å². The predicted molar refractivity (Wildman–Crippen MR) is 70.6 cm³/mol. The van der Waals surface area contributed by atoms with E-state index in [0.29, 0.717) is 0 Å². The molecule has 1 saturated carbocycles. The van der Waals surface area contributed by atoms with Crippen molar-refractivity contribution in [1.29, 1.82) is 0 Å². The summed E-state index contributed by atoms with van der Waals surface area (Å²) in [7, 11) is -3.83. The van der Waals surface area contributed by atoms with Crippen LogP contribution in [0.2, 0.25) is 0 Å². The van der Waals surface area contributed by atoms with E-state index in [1.165, 1.54) is 0 Å². The largest absolute Gasteiger partial charge is 0.490 e. The molecule has 2 aliphatic rings. The third-order valence-corrected chi connectivity index (χ3v) is 5.24. The zero-order valence-corrected chi connectivity index (χ0v) is 12.8. The van der Waals surface area contributed by atoms with Crippen LogP contribution in [0.3, 0.4) is 0 Å². The van der Waals surface area contributed by atoms with Crippen LogP contribution < -0.4 is 4.74 Å². The van der Waals surface area contributed by atoms with E-state index in [0.717, 1.165) is 18.4 Å². The molecule has 0 unspecified atom stereocenters. The Kier molecular flexibility index (Phi) is 3.45.